The highest BCUT2D eigenvalue weighted by molar-refractivity contribution is 7.13. The van der Waals surface area contributed by atoms with Gasteiger partial charge in [-0.1, -0.05) is 50.2 Å². The standard InChI is InChI=1S/C56H68N4O9S/c1-6-59(7-2)24-27-68-55-39(4)35-43(36-40(55)5)54(62)53-45-13-9-10-14-49(45)69-50(53)15-11-17-52(61)57-22-25-64-28-30-66-32-33-67-31-29-65-26-23-58-56(63)42-19-21-47-46(37-42)44-20-18-41(51-16-12-34-70-51)38-48(44)60(47)8-3/h9-10,12-14,16,18-21,34-38H,6-8,11,15,17,22-33H2,1-5H3,(H,57,61)(H,58,63). The summed E-state index contributed by atoms with van der Waals surface area (Å²) in [5.41, 5.74) is 7.71. The molecule has 0 unspecified atom stereocenters. The van der Waals surface area contributed by atoms with E-state index in [1.807, 2.05) is 68.4 Å². The fourth-order valence-electron chi connectivity index (χ4n) is 8.83. The molecule has 7 aromatic rings. The Morgan fingerprint density at radius 2 is 1.36 bits per heavy atom. The molecule has 0 saturated carbocycles. The van der Waals surface area contributed by atoms with E-state index in [1.54, 1.807) is 11.3 Å². The molecule has 0 fully saturated rings. The molecule has 2 N–H and O–H groups in total. The van der Waals surface area contributed by atoms with Crippen LogP contribution in [-0.2, 0) is 36.7 Å². The first-order chi connectivity index (χ1) is 34.2. The van der Waals surface area contributed by atoms with Gasteiger partial charge in [0.25, 0.3) is 5.91 Å². The van der Waals surface area contributed by atoms with Gasteiger partial charge in [-0.05, 0) is 111 Å². The molecule has 70 heavy (non-hydrogen) atoms. The highest BCUT2D eigenvalue weighted by Crippen LogP contribution is 2.35. The quantitative estimate of drug-likeness (QED) is 0.0331. The number of nitrogens with one attached hydrogen (secondary N) is 2. The van der Waals surface area contributed by atoms with Crippen LogP contribution in [0.5, 0.6) is 5.75 Å². The first kappa shape index (κ1) is 52.0. The fourth-order valence-corrected chi connectivity index (χ4v) is 9.55. The molecule has 7 rings (SSSR count). The Morgan fingerprint density at radius 3 is 2.03 bits per heavy atom. The first-order valence-corrected chi connectivity index (χ1v) is 25.6. The average molecular weight is 973 g/mol. The predicted molar refractivity (Wildman–Crippen MR) is 279 cm³/mol. The minimum atomic E-state index is -0.131. The van der Waals surface area contributed by atoms with Gasteiger partial charge in [0.1, 0.15) is 23.7 Å². The maximum absolute atomic E-state index is 14.1. The van der Waals surface area contributed by atoms with Crippen LogP contribution < -0.4 is 15.4 Å². The van der Waals surface area contributed by atoms with Crippen LogP contribution in [0.1, 0.15) is 76.8 Å². The number of fused-ring (bicyclic) bond motifs is 4. The number of ketones is 1. The van der Waals surface area contributed by atoms with E-state index in [9.17, 15) is 14.4 Å². The van der Waals surface area contributed by atoms with Crippen molar-refractivity contribution in [3.8, 4) is 16.2 Å². The summed E-state index contributed by atoms with van der Waals surface area (Å²) < 4.78 is 37.2. The second-order valence-corrected chi connectivity index (χ2v) is 18.1. The number of thiophene rings is 1. The van der Waals surface area contributed by atoms with Crippen molar-refractivity contribution in [1.29, 1.82) is 0 Å². The minimum Gasteiger partial charge on any atom is -0.492 e. The topological polar surface area (TPSA) is 143 Å². The molecule has 0 saturated heterocycles. The Bertz CT molecular complexity index is 2790. The molecule has 3 heterocycles. The van der Waals surface area contributed by atoms with Crippen molar-refractivity contribution in [3.63, 3.8) is 0 Å². The smallest absolute Gasteiger partial charge is 0.251 e. The van der Waals surface area contributed by atoms with Crippen molar-refractivity contribution in [2.75, 3.05) is 92.2 Å². The lowest BCUT2D eigenvalue weighted by atomic mass is 9.95. The summed E-state index contributed by atoms with van der Waals surface area (Å²) in [5.74, 6) is 1.07. The van der Waals surface area contributed by atoms with Gasteiger partial charge in [0.2, 0.25) is 5.91 Å². The van der Waals surface area contributed by atoms with E-state index < -0.39 is 0 Å². The Kier molecular flexibility index (Phi) is 19.6. The van der Waals surface area contributed by atoms with Gasteiger partial charge in [0, 0.05) is 82.2 Å². The summed E-state index contributed by atoms with van der Waals surface area (Å²) in [7, 11) is 0. The Hall–Kier alpha value is -5.87. The molecule has 0 atom stereocenters. The summed E-state index contributed by atoms with van der Waals surface area (Å²) in [4.78, 5) is 43.4. The lowest BCUT2D eigenvalue weighted by Gasteiger charge is -2.19. The van der Waals surface area contributed by atoms with Gasteiger partial charge in [0.05, 0.1) is 58.4 Å². The number of ether oxygens (including phenoxy) is 5. The van der Waals surface area contributed by atoms with Crippen LogP contribution in [0.3, 0.4) is 0 Å². The summed E-state index contributed by atoms with van der Waals surface area (Å²) in [5, 5.41) is 10.9. The van der Waals surface area contributed by atoms with E-state index in [-0.39, 0.29) is 24.0 Å². The highest BCUT2D eigenvalue weighted by atomic mass is 32.1. The molecule has 0 aliphatic rings. The Morgan fingerprint density at radius 1 is 0.671 bits per heavy atom. The third-order valence-electron chi connectivity index (χ3n) is 12.4. The van der Waals surface area contributed by atoms with Crippen LogP contribution in [0.25, 0.3) is 43.2 Å². The number of hydrogen-bond acceptors (Lipinski definition) is 11. The van der Waals surface area contributed by atoms with E-state index >= 15 is 0 Å². The maximum atomic E-state index is 14.1. The summed E-state index contributed by atoms with van der Waals surface area (Å²) in [6.45, 7) is 18.6. The van der Waals surface area contributed by atoms with Crippen LogP contribution in [0.4, 0.5) is 0 Å². The molecular formula is C56H68N4O9S. The lowest BCUT2D eigenvalue weighted by molar-refractivity contribution is -0.121. The zero-order valence-corrected chi connectivity index (χ0v) is 42.2. The largest absolute Gasteiger partial charge is 0.492 e. The molecule has 4 aromatic carbocycles. The van der Waals surface area contributed by atoms with Crippen LogP contribution >= 0.6 is 11.3 Å². The lowest BCUT2D eigenvalue weighted by Crippen LogP contribution is -2.28. The molecule has 14 heteroatoms. The number of carbonyl (C=O) groups excluding carboxylic acids is 3. The third-order valence-corrected chi connectivity index (χ3v) is 13.4. The molecule has 0 bridgehead atoms. The second kappa shape index (κ2) is 26.4. The number of benzene rings is 4. The molecule has 3 aromatic heterocycles. The SMILES string of the molecule is CCN(CC)CCOc1c(C)cc(C(=O)c2c(CCCC(=O)NCCOCCOCCOCCOCCNC(=O)c3ccc4c(c3)c3ccc(-c5cccs5)cc3n4CC)oc3ccccc23)cc1C. The number of nitrogens with zero attached hydrogens (tertiary/aromatic N) is 2. The van der Waals surface area contributed by atoms with Crippen LogP contribution in [0, 0.1) is 13.8 Å². The zero-order valence-electron chi connectivity index (χ0n) is 41.4. The zero-order chi connectivity index (χ0) is 49.2. The molecule has 0 spiro atoms. The third kappa shape index (κ3) is 13.5. The van der Waals surface area contributed by atoms with E-state index in [0.29, 0.717) is 113 Å². The van der Waals surface area contributed by atoms with E-state index in [0.717, 1.165) is 64.7 Å². The van der Waals surface area contributed by atoms with Crippen molar-refractivity contribution in [1.82, 2.24) is 20.1 Å². The van der Waals surface area contributed by atoms with Crippen molar-refractivity contribution in [2.45, 2.75) is 60.4 Å². The van der Waals surface area contributed by atoms with Gasteiger partial charge < -0.3 is 48.2 Å². The van der Waals surface area contributed by atoms with E-state index in [1.165, 1.54) is 16.0 Å². The minimum absolute atomic E-state index is 0.0910. The average Bonchev–Trinajstić information content (AvgIpc) is 4.12. The van der Waals surface area contributed by atoms with Crippen molar-refractivity contribution in [2.24, 2.45) is 0 Å². The molecular weight excluding hydrogens is 905 g/mol. The number of aromatic nitrogens is 1. The van der Waals surface area contributed by atoms with Crippen molar-refractivity contribution < 1.29 is 42.5 Å². The molecule has 0 radical (unpaired) electrons. The molecule has 2 amide bonds. The summed E-state index contributed by atoms with van der Waals surface area (Å²) in [6.07, 6.45) is 1.25. The number of rotatable bonds is 30. The number of para-hydroxylation sites is 1. The normalized spacial score (nSPS) is 11.6. The number of amides is 2. The first-order valence-electron chi connectivity index (χ1n) is 24.7. The Labute approximate surface area is 415 Å². The van der Waals surface area contributed by atoms with Gasteiger partial charge in [0.15, 0.2) is 5.78 Å². The van der Waals surface area contributed by atoms with Crippen LogP contribution in [-0.4, -0.2) is 119 Å². The molecule has 0 aliphatic heterocycles. The number of aryl methyl sites for hydroxylation is 4. The molecule has 0 aliphatic carbocycles. The van der Waals surface area contributed by atoms with E-state index in [4.69, 9.17) is 28.1 Å². The monoisotopic (exact) mass is 972 g/mol. The van der Waals surface area contributed by atoms with Crippen LogP contribution in [0.2, 0.25) is 0 Å². The van der Waals surface area contributed by atoms with Crippen LogP contribution in [0.15, 0.2) is 94.7 Å². The highest BCUT2D eigenvalue weighted by Gasteiger charge is 2.24. The number of furan rings is 1. The van der Waals surface area contributed by atoms with Gasteiger partial charge >= 0.3 is 0 Å². The number of carbonyl (C=O) groups is 3. The maximum Gasteiger partial charge on any atom is 0.251 e. The van der Waals surface area contributed by atoms with Gasteiger partial charge in [-0.15, -0.1) is 11.3 Å². The molecule has 372 valence electrons. The second-order valence-electron chi connectivity index (χ2n) is 17.1. The van der Waals surface area contributed by atoms with Gasteiger partial charge in [-0.3, -0.25) is 14.4 Å². The Balaban J connectivity index is 0.715. The van der Waals surface area contributed by atoms with E-state index in [2.05, 4.69) is 76.6 Å². The fraction of sp³-hybridized carbons (Fsp3) is 0.411. The predicted octanol–water partition coefficient (Wildman–Crippen LogP) is 9.79. The van der Waals surface area contributed by atoms with Crippen molar-refractivity contribution in [3.05, 3.63) is 124 Å². The molecule has 13 nitrogen and oxygen atoms in total. The number of likely N-dealkylation sites (N-methyl/N-ethyl adjacent to an activating group) is 1. The summed E-state index contributed by atoms with van der Waals surface area (Å²) in [6, 6.07) is 28.0. The van der Waals surface area contributed by atoms with Crippen molar-refractivity contribution >= 4 is 61.7 Å². The number of hydrogen-bond donors (Lipinski definition) is 2. The van der Waals surface area contributed by atoms with Gasteiger partial charge in [-0.2, -0.15) is 0 Å². The summed E-state index contributed by atoms with van der Waals surface area (Å²) >= 11 is 1.73. The van der Waals surface area contributed by atoms with Gasteiger partial charge in [-0.25, -0.2) is 0 Å².